The van der Waals surface area contributed by atoms with E-state index < -0.39 is 0 Å². The van der Waals surface area contributed by atoms with Crippen molar-refractivity contribution in [3.63, 3.8) is 0 Å². The second kappa shape index (κ2) is 7.29. The van der Waals surface area contributed by atoms with Crippen LogP contribution in [0.4, 0.5) is 5.69 Å². The van der Waals surface area contributed by atoms with Crippen LogP contribution in [0, 0.1) is 0 Å². The van der Waals surface area contributed by atoms with Crippen molar-refractivity contribution in [1.29, 1.82) is 0 Å². The summed E-state index contributed by atoms with van der Waals surface area (Å²) in [4.78, 5) is 12.7. The summed E-state index contributed by atoms with van der Waals surface area (Å²) >= 11 is 0. The Kier molecular flexibility index (Phi) is 4.93. The Morgan fingerprint density at radius 1 is 1.22 bits per heavy atom. The molecule has 2 aromatic carbocycles. The summed E-state index contributed by atoms with van der Waals surface area (Å²) in [5.41, 5.74) is 2.98. The van der Waals surface area contributed by atoms with E-state index in [2.05, 4.69) is 23.6 Å². The number of carbonyl (C=O) groups excluding carboxylic acids is 1. The van der Waals surface area contributed by atoms with Crippen molar-refractivity contribution in [2.75, 3.05) is 18.5 Å². The van der Waals surface area contributed by atoms with E-state index in [0.29, 0.717) is 13.0 Å². The zero-order chi connectivity index (χ0) is 16.1. The maximum Gasteiger partial charge on any atom is 0.232 e. The van der Waals surface area contributed by atoms with E-state index in [9.17, 15) is 4.79 Å². The van der Waals surface area contributed by atoms with E-state index in [1.54, 1.807) is 0 Å². The molecular formula is C19H22N2O2. The zero-order valence-corrected chi connectivity index (χ0v) is 13.3. The molecule has 3 rings (SSSR count). The number of anilines is 1. The molecule has 4 nitrogen and oxygen atoms in total. The number of hydrogen-bond donors (Lipinski definition) is 2. The van der Waals surface area contributed by atoms with Gasteiger partial charge in [0.1, 0.15) is 5.75 Å². The number of ether oxygens (including phenoxy) is 1. The summed E-state index contributed by atoms with van der Waals surface area (Å²) in [6.07, 6.45) is 0.708. The van der Waals surface area contributed by atoms with Crippen LogP contribution < -0.4 is 15.4 Å². The lowest BCUT2D eigenvalue weighted by atomic mass is 9.92. The van der Waals surface area contributed by atoms with Gasteiger partial charge in [-0.3, -0.25) is 4.79 Å². The van der Waals surface area contributed by atoms with E-state index in [-0.39, 0.29) is 11.8 Å². The monoisotopic (exact) mass is 310 g/mol. The predicted octanol–water partition coefficient (Wildman–Crippen LogP) is 3.30. The van der Waals surface area contributed by atoms with Crippen molar-refractivity contribution < 1.29 is 9.53 Å². The molecule has 1 atom stereocenters. The number of nitrogens with one attached hydrogen (secondary N) is 2. The Labute approximate surface area is 136 Å². The average molecular weight is 310 g/mol. The molecule has 0 aliphatic carbocycles. The zero-order valence-electron chi connectivity index (χ0n) is 13.3. The average Bonchev–Trinajstić information content (AvgIpc) is 2.59. The molecule has 4 heteroatoms. The SMILES string of the molecule is CCNCc1cccc(NC(=O)[C@H]2CCOc3ccccc32)c1. The van der Waals surface area contributed by atoms with Gasteiger partial charge in [0.2, 0.25) is 5.91 Å². The van der Waals surface area contributed by atoms with Crippen molar-refractivity contribution >= 4 is 11.6 Å². The summed E-state index contributed by atoms with van der Waals surface area (Å²) in [5.74, 6) is 0.693. The van der Waals surface area contributed by atoms with Crippen molar-refractivity contribution in [3.05, 3.63) is 59.7 Å². The fourth-order valence-corrected chi connectivity index (χ4v) is 2.87. The summed E-state index contributed by atoms with van der Waals surface area (Å²) in [6.45, 7) is 4.39. The molecule has 23 heavy (non-hydrogen) atoms. The van der Waals surface area contributed by atoms with Gasteiger partial charge in [-0.2, -0.15) is 0 Å². The number of carbonyl (C=O) groups is 1. The molecule has 0 saturated carbocycles. The number of rotatable bonds is 5. The first kappa shape index (κ1) is 15.6. The lowest BCUT2D eigenvalue weighted by Crippen LogP contribution is -2.26. The molecule has 0 unspecified atom stereocenters. The molecule has 120 valence electrons. The lowest BCUT2D eigenvalue weighted by molar-refractivity contribution is -0.118. The Bertz CT molecular complexity index is 685. The second-order valence-corrected chi connectivity index (χ2v) is 5.70. The number of para-hydroxylation sites is 1. The van der Waals surface area contributed by atoms with Gasteiger partial charge in [-0.1, -0.05) is 37.3 Å². The van der Waals surface area contributed by atoms with Gasteiger partial charge in [0, 0.05) is 17.8 Å². The van der Waals surface area contributed by atoms with Crippen LogP contribution in [0.5, 0.6) is 5.75 Å². The van der Waals surface area contributed by atoms with Crippen LogP contribution in [0.1, 0.15) is 30.4 Å². The molecular weight excluding hydrogens is 288 g/mol. The van der Waals surface area contributed by atoms with E-state index in [1.165, 1.54) is 0 Å². The first-order valence-corrected chi connectivity index (χ1v) is 8.10. The van der Waals surface area contributed by atoms with Gasteiger partial charge in [0.05, 0.1) is 12.5 Å². The highest BCUT2D eigenvalue weighted by atomic mass is 16.5. The summed E-state index contributed by atoms with van der Waals surface area (Å²) < 4.78 is 5.63. The van der Waals surface area contributed by atoms with Crippen LogP contribution in [0.25, 0.3) is 0 Å². The van der Waals surface area contributed by atoms with Gasteiger partial charge in [0.15, 0.2) is 0 Å². The van der Waals surface area contributed by atoms with E-state index in [0.717, 1.165) is 35.7 Å². The summed E-state index contributed by atoms with van der Waals surface area (Å²) in [7, 11) is 0. The van der Waals surface area contributed by atoms with Crippen molar-refractivity contribution in [1.82, 2.24) is 5.32 Å². The van der Waals surface area contributed by atoms with Crippen molar-refractivity contribution in [2.24, 2.45) is 0 Å². The van der Waals surface area contributed by atoms with Crippen LogP contribution in [0.15, 0.2) is 48.5 Å². The van der Waals surface area contributed by atoms with Gasteiger partial charge in [-0.15, -0.1) is 0 Å². The number of fused-ring (bicyclic) bond motifs is 1. The van der Waals surface area contributed by atoms with E-state index >= 15 is 0 Å². The number of amides is 1. The Hall–Kier alpha value is -2.33. The highest BCUT2D eigenvalue weighted by molar-refractivity contribution is 5.96. The minimum Gasteiger partial charge on any atom is -0.493 e. The second-order valence-electron chi connectivity index (χ2n) is 5.70. The summed E-state index contributed by atoms with van der Waals surface area (Å²) in [5, 5.41) is 6.34. The van der Waals surface area contributed by atoms with E-state index in [1.807, 2.05) is 42.5 Å². The topological polar surface area (TPSA) is 50.4 Å². The third-order valence-electron chi connectivity index (χ3n) is 4.05. The van der Waals surface area contributed by atoms with Gasteiger partial charge >= 0.3 is 0 Å². The van der Waals surface area contributed by atoms with Crippen LogP contribution in [0.3, 0.4) is 0 Å². The fourth-order valence-electron chi connectivity index (χ4n) is 2.87. The van der Waals surface area contributed by atoms with Crippen molar-refractivity contribution in [3.8, 4) is 5.75 Å². The van der Waals surface area contributed by atoms with Crippen LogP contribution in [-0.4, -0.2) is 19.1 Å². The Morgan fingerprint density at radius 3 is 2.96 bits per heavy atom. The van der Waals surface area contributed by atoms with Gasteiger partial charge in [0.25, 0.3) is 0 Å². The maximum absolute atomic E-state index is 12.7. The normalized spacial score (nSPS) is 16.3. The number of benzene rings is 2. The maximum atomic E-state index is 12.7. The van der Waals surface area contributed by atoms with E-state index in [4.69, 9.17) is 4.74 Å². The molecule has 0 bridgehead atoms. The molecule has 1 aliphatic heterocycles. The minimum atomic E-state index is -0.155. The van der Waals surface area contributed by atoms with Crippen LogP contribution >= 0.6 is 0 Å². The standard InChI is InChI=1S/C19H22N2O2/c1-2-20-13-14-6-5-7-15(12-14)21-19(22)17-10-11-23-18-9-4-3-8-16(17)18/h3-9,12,17,20H,2,10-11,13H2,1H3,(H,21,22)/t17-/m0/s1. The predicted molar refractivity (Wildman–Crippen MR) is 91.7 cm³/mol. The molecule has 0 fully saturated rings. The molecule has 0 radical (unpaired) electrons. The highest BCUT2D eigenvalue weighted by Gasteiger charge is 2.27. The highest BCUT2D eigenvalue weighted by Crippen LogP contribution is 2.34. The smallest absolute Gasteiger partial charge is 0.232 e. The molecule has 2 aromatic rings. The van der Waals surface area contributed by atoms with Crippen LogP contribution in [0.2, 0.25) is 0 Å². The fraction of sp³-hybridized carbons (Fsp3) is 0.316. The van der Waals surface area contributed by atoms with Crippen LogP contribution in [-0.2, 0) is 11.3 Å². The number of hydrogen-bond acceptors (Lipinski definition) is 3. The molecule has 1 amide bonds. The molecule has 0 aromatic heterocycles. The third kappa shape index (κ3) is 3.71. The molecule has 0 spiro atoms. The van der Waals surface area contributed by atoms with Crippen molar-refractivity contribution in [2.45, 2.75) is 25.8 Å². The quantitative estimate of drug-likeness (QED) is 0.891. The Balaban J connectivity index is 1.73. The largest absolute Gasteiger partial charge is 0.493 e. The molecule has 2 N–H and O–H groups in total. The lowest BCUT2D eigenvalue weighted by Gasteiger charge is -2.25. The van der Waals surface area contributed by atoms with Gasteiger partial charge in [-0.05, 0) is 36.7 Å². The summed E-state index contributed by atoms with van der Waals surface area (Å²) in [6, 6.07) is 15.8. The first-order chi connectivity index (χ1) is 11.3. The first-order valence-electron chi connectivity index (χ1n) is 8.10. The molecule has 1 aliphatic rings. The van der Waals surface area contributed by atoms with Gasteiger partial charge in [-0.25, -0.2) is 0 Å². The molecule has 0 saturated heterocycles. The van der Waals surface area contributed by atoms with Gasteiger partial charge < -0.3 is 15.4 Å². The minimum absolute atomic E-state index is 0.0290. The Morgan fingerprint density at radius 2 is 2.09 bits per heavy atom. The third-order valence-corrected chi connectivity index (χ3v) is 4.05. The molecule has 1 heterocycles.